The van der Waals surface area contributed by atoms with E-state index in [-0.39, 0.29) is 0 Å². The fraction of sp³-hybridized carbons (Fsp3) is 1.00. The van der Waals surface area contributed by atoms with E-state index in [1.165, 1.54) is 77.7 Å². The molecule has 2 aliphatic rings. The van der Waals surface area contributed by atoms with E-state index in [0.717, 1.165) is 23.7 Å². The van der Waals surface area contributed by atoms with Gasteiger partial charge in [0.25, 0.3) is 0 Å². The number of likely N-dealkylation sites (tertiary alicyclic amines) is 2. The Hall–Kier alpha value is -0.0800. The lowest BCUT2D eigenvalue weighted by atomic mass is 9.86. The molecule has 2 saturated heterocycles. The van der Waals surface area contributed by atoms with Gasteiger partial charge in [-0.1, -0.05) is 20.8 Å². The lowest BCUT2D eigenvalue weighted by Gasteiger charge is -2.34. The molecule has 0 radical (unpaired) electrons. The van der Waals surface area contributed by atoms with E-state index < -0.39 is 0 Å². The van der Waals surface area contributed by atoms with Gasteiger partial charge in [-0.05, 0) is 108 Å². The lowest BCUT2D eigenvalue weighted by Crippen LogP contribution is -2.35. The summed E-state index contributed by atoms with van der Waals surface area (Å²) in [5.74, 6) is 3.81. The largest absolute Gasteiger partial charge is 0.306 e. The van der Waals surface area contributed by atoms with Crippen molar-refractivity contribution in [2.24, 2.45) is 23.7 Å². The summed E-state index contributed by atoms with van der Waals surface area (Å²) in [4.78, 5) is 5.23. The molecule has 2 aliphatic heterocycles. The first-order valence-electron chi connectivity index (χ1n) is 9.93. The predicted octanol–water partition coefficient (Wildman–Crippen LogP) is 4.50. The summed E-state index contributed by atoms with van der Waals surface area (Å²) in [6, 6.07) is 0. The first-order chi connectivity index (χ1) is 10.5. The normalized spacial score (nSPS) is 25.0. The molecule has 0 aromatic heterocycles. The molecular weight excluding hydrogens is 268 g/mol. The first kappa shape index (κ1) is 18.3. The van der Waals surface area contributed by atoms with Crippen molar-refractivity contribution in [2.75, 3.05) is 39.8 Å². The molecule has 1 unspecified atom stereocenters. The lowest BCUT2D eigenvalue weighted by molar-refractivity contribution is 0.154. The average Bonchev–Trinajstić information content (AvgIpc) is 2.48. The van der Waals surface area contributed by atoms with Crippen LogP contribution in [0.2, 0.25) is 0 Å². The van der Waals surface area contributed by atoms with Crippen LogP contribution >= 0.6 is 0 Å². The van der Waals surface area contributed by atoms with E-state index in [9.17, 15) is 0 Å². The monoisotopic (exact) mass is 308 g/mol. The molecule has 2 fully saturated rings. The maximum atomic E-state index is 2.74. The van der Waals surface area contributed by atoms with Crippen molar-refractivity contribution in [3.05, 3.63) is 0 Å². The van der Waals surface area contributed by atoms with Crippen molar-refractivity contribution in [2.45, 2.75) is 65.7 Å². The van der Waals surface area contributed by atoms with Crippen LogP contribution in [-0.4, -0.2) is 49.6 Å². The van der Waals surface area contributed by atoms with Gasteiger partial charge in [-0.2, -0.15) is 0 Å². The van der Waals surface area contributed by atoms with E-state index in [1.54, 1.807) is 0 Å². The third-order valence-corrected chi connectivity index (χ3v) is 6.02. The van der Waals surface area contributed by atoms with Crippen molar-refractivity contribution >= 4 is 0 Å². The van der Waals surface area contributed by atoms with Crippen LogP contribution in [0.15, 0.2) is 0 Å². The summed E-state index contributed by atoms with van der Waals surface area (Å²) in [6.07, 6.45) is 10.1. The second-order valence-electron chi connectivity index (χ2n) is 8.79. The molecule has 2 heterocycles. The molecule has 0 spiro atoms. The number of rotatable bonds is 7. The van der Waals surface area contributed by atoms with Gasteiger partial charge in [-0.25, -0.2) is 0 Å². The Bertz CT molecular complexity index is 286. The van der Waals surface area contributed by atoms with Crippen molar-refractivity contribution < 1.29 is 0 Å². The molecule has 130 valence electrons. The Morgan fingerprint density at radius 2 is 1.36 bits per heavy atom. The highest BCUT2D eigenvalue weighted by atomic mass is 15.1. The molecule has 2 rings (SSSR count). The molecule has 0 saturated carbocycles. The van der Waals surface area contributed by atoms with Gasteiger partial charge in [-0.3, -0.25) is 0 Å². The molecule has 2 heteroatoms. The van der Waals surface area contributed by atoms with Gasteiger partial charge in [0.05, 0.1) is 0 Å². The van der Waals surface area contributed by atoms with Crippen LogP contribution in [0.3, 0.4) is 0 Å². The molecular formula is C20H40N2. The summed E-state index contributed by atoms with van der Waals surface area (Å²) in [5.41, 5.74) is 0. The van der Waals surface area contributed by atoms with Crippen LogP contribution < -0.4 is 0 Å². The standard InChI is InChI=1S/C20H40N2/c1-17(2)15-19-8-13-22(14-9-19)12-5-18(3)16-20-6-10-21(4)11-7-20/h17-20H,5-16H2,1-4H3. The third-order valence-electron chi connectivity index (χ3n) is 6.02. The minimum absolute atomic E-state index is 0.881. The topological polar surface area (TPSA) is 6.48 Å². The first-order valence-corrected chi connectivity index (χ1v) is 9.93. The summed E-state index contributed by atoms with van der Waals surface area (Å²) in [5, 5.41) is 0. The Labute approximate surface area is 139 Å². The van der Waals surface area contributed by atoms with Gasteiger partial charge in [0.2, 0.25) is 0 Å². The molecule has 0 aromatic carbocycles. The third kappa shape index (κ3) is 6.58. The van der Waals surface area contributed by atoms with Gasteiger partial charge in [0, 0.05) is 0 Å². The van der Waals surface area contributed by atoms with Gasteiger partial charge in [0.15, 0.2) is 0 Å². The summed E-state index contributed by atoms with van der Waals surface area (Å²) in [6.45, 7) is 13.9. The van der Waals surface area contributed by atoms with E-state index in [4.69, 9.17) is 0 Å². The second-order valence-corrected chi connectivity index (χ2v) is 8.79. The zero-order chi connectivity index (χ0) is 15.9. The predicted molar refractivity (Wildman–Crippen MR) is 97.2 cm³/mol. The van der Waals surface area contributed by atoms with E-state index in [0.29, 0.717) is 0 Å². The number of hydrogen-bond donors (Lipinski definition) is 0. The quantitative estimate of drug-likeness (QED) is 0.683. The van der Waals surface area contributed by atoms with Gasteiger partial charge in [-0.15, -0.1) is 0 Å². The minimum Gasteiger partial charge on any atom is -0.306 e. The molecule has 0 aliphatic carbocycles. The van der Waals surface area contributed by atoms with E-state index >= 15 is 0 Å². The average molecular weight is 309 g/mol. The summed E-state index contributed by atoms with van der Waals surface area (Å²) in [7, 11) is 2.27. The van der Waals surface area contributed by atoms with Crippen LogP contribution in [-0.2, 0) is 0 Å². The molecule has 1 atom stereocenters. The van der Waals surface area contributed by atoms with Crippen LogP contribution in [0.1, 0.15) is 65.7 Å². The van der Waals surface area contributed by atoms with Crippen LogP contribution in [0.5, 0.6) is 0 Å². The highest BCUT2D eigenvalue weighted by Gasteiger charge is 2.22. The van der Waals surface area contributed by atoms with E-state index in [2.05, 4.69) is 37.6 Å². The summed E-state index contributed by atoms with van der Waals surface area (Å²) < 4.78 is 0. The number of piperidine rings is 2. The Morgan fingerprint density at radius 1 is 0.818 bits per heavy atom. The molecule has 0 amide bonds. The maximum absolute atomic E-state index is 2.74. The highest BCUT2D eigenvalue weighted by Crippen LogP contribution is 2.27. The zero-order valence-electron chi connectivity index (χ0n) is 15.7. The number of hydrogen-bond acceptors (Lipinski definition) is 2. The van der Waals surface area contributed by atoms with Crippen LogP contribution in [0, 0.1) is 23.7 Å². The highest BCUT2D eigenvalue weighted by molar-refractivity contribution is 4.75. The van der Waals surface area contributed by atoms with Gasteiger partial charge >= 0.3 is 0 Å². The molecule has 0 N–H and O–H groups in total. The molecule has 22 heavy (non-hydrogen) atoms. The van der Waals surface area contributed by atoms with E-state index in [1.807, 2.05) is 0 Å². The van der Waals surface area contributed by atoms with Crippen molar-refractivity contribution in [1.82, 2.24) is 9.80 Å². The molecule has 0 bridgehead atoms. The Kier molecular flexibility index (Phi) is 7.70. The van der Waals surface area contributed by atoms with Crippen molar-refractivity contribution in [3.63, 3.8) is 0 Å². The molecule has 2 nitrogen and oxygen atoms in total. The van der Waals surface area contributed by atoms with Gasteiger partial charge < -0.3 is 9.80 Å². The minimum atomic E-state index is 0.881. The van der Waals surface area contributed by atoms with Crippen molar-refractivity contribution in [3.8, 4) is 0 Å². The SMILES string of the molecule is CC(C)CC1CCN(CCC(C)CC2CCN(C)CC2)CC1. The zero-order valence-corrected chi connectivity index (χ0v) is 15.7. The fourth-order valence-electron chi connectivity index (χ4n) is 4.50. The maximum Gasteiger partial charge on any atom is -0.00161 e. The van der Waals surface area contributed by atoms with Crippen LogP contribution in [0.25, 0.3) is 0 Å². The fourth-order valence-corrected chi connectivity index (χ4v) is 4.50. The Balaban J connectivity index is 1.56. The Morgan fingerprint density at radius 3 is 1.95 bits per heavy atom. The number of nitrogens with zero attached hydrogens (tertiary/aromatic N) is 2. The molecule has 0 aromatic rings. The second kappa shape index (κ2) is 9.27. The van der Waals surface area contributed by atoms with Crippen molar-refractivity contribution in [1.29, 1.82) is 0 Å². The van der Waals surface area contributed by atoms with Gasteiger partial charge in [0.1, 0.15) is 0 Å². The smallest absolute Gasteiger partial charge is 0.00161 e. The van der Waals surface area contributed by atoms with Crippen LogP contribution in [0.4, 0.5) is 0 Å². The summed E-state index contributed by atoms with van der Waals surface area (Å²) >= 11 is 0.